The van der Waals surface area contributed by atoms with E-state index in [1.165, 1.54) is 18.3 Å². The number of nitrogens with two attached hydrogens (primary N) is 1. The summed E-state index contributed by atoms with van der Waals surface area (Å²) in [4.78, 5) is 27.4. The number of thiazole rings is 1. The highest BCUT2D eigenvalue weighted by Crippen LogP contribution is 2.24. The summed E-state index contributed by atoms with van der Waals surface area (Å²) in [6.07, 6.45) is 5.01. The van der Waals surface area contributed by atoms with Crippen molar-refractivity contribution >= 4 is 28.2 Å². The second kappa shape index (κ2) is 6.25. The molecule has 1 aliphatic rings. The maximum absolute atomic E-state index is 12.2. The van der Waals surface area contributed by atoms with Crippen molar-refractivity contribution in [2.75, 3.05) is 5.32 Å². The Kier molecular flexibility index (Phi) is 4.66. The number of nitrogens with zero attached hydrogens (tertiary/aromatic N) is 1. The van der Waals surface area contributed by atoms with Crippen molar-refractivity contribution < 1.29 is 9.59 Å². The molecule has 0 spiro atoms. The maximum Gasteiger partial charge on any atom is 0.230 e. The average Bonchev–Trinajstić information content (AvgIpc) is 2.71. The summed E-state index contributed by atoms with van der Waals surface area (Å²) in [5.74, 6) is -0.311. The van der Waals surface area contributed by atoms with Gasteiger partial charge in [0.1, 0.15) is 5.69 Å². The van der Waals surface area contributed by atoms with E-state index >= 15 is 0 Å². The van der Waals surface area contributed by atoms with Crippen molar-refractivity contribution in [2.45, 2.75) is 45.1 Å². The molecular weight excluding hydrogens is 262 g/mol. The standard InChI is InChI=1S/C13H19N3O2S/c1-8(17)11-7-19-13(15-11)16-12(18)9-5-3-2-4-6-10(9)14/h7,9-10H,2-6,14H2,1H3,(H,15,16,18). The van der Waals surface area contributed by atoms with Gasteiger partial charge >= 0.3 is 0 Å². The molecule has 104 valence electrons. The molecule has 1 saturated carbocycles. The van der Waals surface area contributed by atoms with Crippen LogP contribution in [-0.4, -0.2) is 22.7 Å². The predicted molar refractivity (Wildman–Crippen MR) is 75.3 cm³/mol. The number of hydrogen-bond donors (Lipinski definition) is 2. The summed E-state index contributed by atoms with van der Waals surface area (Å²) in [5.41, 5.74) is 6.45. The first-order valence-corrected chi connectivity index (χ1v) is 7.49. The topological polar surface area (TPSA) is 85.1 Å². The number of anilines is 1. The molecule has 2 atom stereocenters. The normalized spacial score (nSPS) is 23.7. The lowest BCUT2D eigenvalue weighted by molar-refractivity contribution is -0.120. The van der Waals surface area contributed by atoms with Gasteiger partial charge in [0, 0.05) is 18.3 Å². The van der Waals surface area contributed by atoms with E-state index in [0.717, 1.165) is 32.1 Å². The molecule has 1 aliphatic carbocycles. The molecule has 0 aromatic carbocycles. The van der Waals surface area contributed by atoms with Crippen LogP contribution in [0.3, 0.4) is 0 Å². The summed E-state index contributed by atoms with van der Waals surface area (Å²) < 4.78 is 0. The summed E-state index contributed by atoms with van der Waals surface area (Å²) in [5, 5.41) is 4.92. The molecule has 3 N–H and O–H groups in total. The van der Waals surface area contributed by atoms with Gasteiger partial charge in [-0.2, -0.15) is 0 Å². The number of amides is 1. The third-order valence-electron chi connectivity index (χ3n) is 3.50. The number of carbonyl (C=O) groups is 2. The Morgan fingerprint density at radius 3 is 2.79 bits per heavy atom. The Hall–Kier alpha value is -1.27. The van der Waals surface area contributed by atoms with E-state index < -0.39 is 0 Å². The minimum atomic E-state index is -0.146. The molecule has 19 heavy (non-hydrogen) atoms. The van der Waals surface area contributed by atoms with Gasteiger partial charge in [0.05, 0.1) is 5.92 Å². The molecular formula is C13H19N3O2S. The Morgan fingerprint density at radius 1 is 1.37 bits per heavy atom. The summed E-state index contributed by atoms with van der Waals surface area (Å²) in [6, 6.07) is -0.0743. The van der Waals surface area contributed by atoms with Crippen molar-refractivity contribution in [2.24, 2.45) is 11.7 Å². The minimum Gasteiger partial charge on any atom is -0.327 e. The molecule has 0 bridgehead atoms. The van der Waals surface area contributed by atoms with Gasteiger partial charge in [-0.25, -0.2) is 4.98 Å². The van der Waals surface area contributed by atoms with Crippen LogP contribution in [0.15, 0.2) is 5.38 Å². The van der Waals surface area contributed by atoms with Crippen molar-refractivity contribution in [3.05, 3.63) is 11.1 Å². The van der Waals surface area contributed by atoms with Crippen LogP contribution < -0.4 is 11.1 Å². The van der Waals surface area contributed by atoms with Gasteiger partial charge in [-0.3, -0.25) is 9.59 Å². The minimum absolute atomic E-state index is 0.0705. The molecule has 5 nitrogen and oxygen atoms in total. The van der Waals surface area contributed by atoms with Gasteiger partial charge in [0.2, 0.25) is 5.91 Å². The number of rotatable bonds is 3. The lowest BCUT2D eigenvalue weighted by Gasteiger charge is -2.19. The zero-order valence-corrected chi connectivity index (χ0v) is 11.8. The molecule has 2 unspecified atom stereocenters. The molecule has 6 heteroatoms. The van der Waals surface area contributed by atoms with Gasteiger partial charge in [-0.1, -0.05) is 19.3 Å². The van der Waals surface area contributed by atoms with Crippen molar-refractivity contribution in [3.8, 4) is 0 Å². The molecule has 1 fully saturated rings. The number of ketones is 1. The first-order chi connectivity index (χ1) is 9.08. The molecule has 0 radical (unpaired) electrons. The van der Waals surface area contributed by atoms with Crippen LogP contribution in [0.1, 0.15) is 49.5 Å². The number of Topliss-reactive ketones (excluding diaryl/α,β-unsaturated/α-hetero) is 1. The monoisotopic (exact) mass is 281 g/mol. The molecule has 1 amide bonds. The van der Waals surface area contributed by atoms with E-state index in [1.807, 2.05) is 0 Å². The Labute approximate surface area is 116 Å². The van der Waals surface area contributed by atoms with Crippen LogP contribution in [0.4, 0.5) is 5.13 Å². The van der Waals surface area contributed by atoms with E-state index in [-0.39, 0.29) is 23.7 Å². The quantitative estimate of drug-likeness (QED) is 0.657. The number of aromatic nitrogens is 1. The molecule has 1 aromatic rings. The smallest absolute Gasteiger partial charge is 0.230 e. The highest BCUT2D eigenvalue weighted by molar-refractivity contribution is 7.14. The third kappa shape index (κ3) is 3.61. The number of nitrogens with one attached hydrogen (secondary N) is 1. The van der Waals surface area contributed by atoms with Crippen LogP contribution in [0, 0.1) is 5.92 Å². The molecule has 1 aromatic heterocycles. The SMILES string of the molecule is CC(=O)c1csc(NC(=O)C2CCCCCC2N)n1. The van der Waals surface area contributed by atoms with Crippen molar-refractivity contribution in [1.29, 1.82) is 0 Å². The third-order valence-corrected chi connectivity index (χ3v) is 4.26. The average molecular weight is 281 g/mol. The Bertz CT molecular complexity index is 472. The van der Waals surface area contributed by atoms with Crippen LogP contribution in [0.25, 0.3) is 0 Å². The molecule has 1 heterocycles. The van der Waals surface area contributed by atoms with Crippen LogP contribution >= 0.6 is 11.3 Å². The van der Waals surface area contributed by atoms with Gasteiger partial charge in [0.25, 0.3) is 0 Å². The summed E-state index contributed by atoms with van der Waals surface area (Å²) in [6.45, 7) is 1.46. The van der Waals surface area contributed by atoms with E-state index in [9.17, 15) is 9.59 Å². The van der Waals surface area contributed by atoms with Gasteiger partial charge < -0.3 is 11.1 Å². The molecule has 2 rings (SSSR count). The first-order valence-electron chi connectivity index (χ1n) is 6.61. The second-order valence-corrected chi connectivity index (χ2v) is 5.85. The van der Waals surface area contributed by atoms with Crippen LogP contribution in [-0.2, 0) is 4.79 Å². The number of hydrogen-bond acceptors (Lipinski definition) is 5. The highest BCUT2D eigenvalue weighted by atomic mass is 32.1. The molecule has 0 saturated heterocycles. The van der Waals surface area contributed by atoms with Crippen LogP contribution in [0.2, 0.25) is 0 Å². The first kappa shape index (κ1) is 14.1. The lowest BCUT2D eigenvalue weighted by Crippen LogP contribution is -2.37. The zero-order chi connectivity index (χ0) is 13.8. The zero-order valence-electron chi connectivity index (χ0n) is 11.0. The fourth-order valence-corrected chi connectivity index (χ4v) is 3.11. The van der Waals surface area contributed by atoms with E-state index in [0.29, 0.717) is 10.8 Å². The van der Waals surface area contributed by atoms with Gasteiger partial charge in [-0.05, 0) is 12.8 Å². The largest absolute Gasteiger partial charge is 0.327 e. The summed E-state index contributed by atoms with van der Waals surface area (Å²) in [7, 11) is 0. The highest BCUT2D eigenvalue weighted by Gasteiger charge is 2.27. The second-order valence-electron chi connectivity index (χ2n) is 4.99. The lowest BCUT2D eigenvalue weighted by atomic mass is 9.95. The van der Waals surface area contributed by atoms with Crippen molar-refractivity contribution in [3.63, 3.8) is 0 Å². The van der Waals surface area contributed by atoms with Gasteiger partial charge in [-0.15, -0.1) is 11.3 Å². The Balaban J connectivity index is 2.00. The Morgan fingerprint density at radius 2 is 2.11 bits per heavy atom. The number of carbonyl (C=O) groups excluding carboxylic acids is 2. The maximum atomic E-state index is 12.2. The van der Waals surface area contributed by atoms with Crippen LogP contribution in [0.5, 0.6) is 0 Å². The molecule has 0 aliphatic heterocycles. The van der Waals surface area contributed by atoms with Gasteiger partial charge in [0.15, 0.2) is 10.9 Å². The fourth-order valence-electron chi connectivity index (χ4n) is 2.35. The fraction of sp³-hybridized carbons (Fsp3) is 0.615. The predicted octanol–water partition coefficient (Wildman–Crippen LogP) is 2.19. The van der Waals surface area contributed by atoms with E-state index in [2.05, 4.69) is 10.3 Å². The van der Waals surface area contributed by atoms with Crippen molar-refractivity contribution in [1.82, 2.24) is 4.98 Å². The van der Waals surface area contributed by atoms with E-state index in [4.69, 9.17) is 5.73 Å². The van der Waals surface area contributed by atoms with E-state index in [1.54, 1.807) is 5.38 Å². The summed E-state index contributed by atoms with van der Waals surface area (Å²) >= 11 is 1.27.